The number of amides is 3. The molecule has 1 saturated heterocycles. The number of aliphatic imine (C=N–C) groups is 1. The quantitative estimate of drug-likeness (QED) is 0.311. The summed E-state index contributed by atoms with van der Waals surface area (Å²) in [6.45, 7) is 7.21. The number of pyridine rings is 1. The number of hydrogen-bond acceptors (Lipinski definition) is 9. The minimum Gasteiger partial charge on any atom is -0.466 e. The van der Waals surface area contributed by atoms with E-state index in [1.54, 1.807) is 41.9 Å². The van der Waals surface area contributed by atoms with Crippen molar-refractivity contribution in [2.75, 3.05) is 44.8 Å². The number of fused-ring (bicyclic) bond motifs is 3. The number of anilines is 1. The molecule has 0 spiro atoms. The van der Waals surface area contributed by atoms with Crippen LogP contribution in [0.5, 0.6) is 0 Å². The smallest absolute Gasteiger partial charge is 0.315 e. The molecule has 1 fully saturated rings. The number of allylic oxidation sites excluding steroid dienone is 1. The highest BCUT2D eigenvalue weighted by Crippen LogP contribution is 2.25. The van der Waals surface area contributed by atoms with E-state index < -0.39 is 17.8 Å². The molecule has 13 nitrogen and oxygen atoms in total. The predicted octanol–water partition coefficient (Wildman–Crippen LogP) is 2.44. The summed E-state index contributed by atoms with van der Waals surface area (Å²) in [5.74, 6) is -1.96. The molecule has 2 bridgehead atoms. The molecular weight excluding hydrogens is 554 g/mol. The van der Waals surface area contributed by atoms with E-state index in [2.05, 4.69) is 25.7 Å². The van der Waals surface area contributed by atoms with Gasteiger partial charge in [0.15, 0.2) is 5.69 Å². The average Bonchev–Trinajstić information content (AvgIpc) is 3.42. The van der Waals surface area contributed by atoms with Crippen LogP contribution in [-0.4, -0.2) is 88.5 Å². The van der Waals surface area contributed by atoms with Gasteiger partial charge in [0.2, 0.25) is 5.91 Å². The second-order valence-electron chi connectivity index (χ2n) is 10.3. The molecule has 2 N–H and O–H groups in total. The zero-order chi connectivity index (χ0) is 30.8. The summed E-state index contributed by atoms with van der Waals surface area (Å²) in [5, 5.41) is 10.2. The van der Waals surface area contributed by atoms with Gasteiger partial charge in [0, 0.05) is 56.6 Å². The van der Waals surface area contributed by atoms with E-state index in [9.17, 15) is 19.2 Å². The average molecular weight is 594 g/mol. The summed E-state index contributed by atoms with van der Waals surface area (Å²) in [5.41, 5.74) is 2.73. The molecule has 0 aliphatic carbocycles. The van der Waals surface area contributed by atoms with Gasteiger partial charge in [-0.2, -0.15) is 5.10 Å². The van der Waals surface area contributed by atoms with Gasteiger partial charge in [-0.1, -0.05) is 6.08 Å². The van der Waals surface area contributed by atoms with Crippen molar-refractivity contribution >= 4 is 35.1 Å². The van der Waals surface area contributed by atoms with Crippen LogP contribution in [-0.2, 0) is 30.3 Å². The SMILES string of the molecule is C/C=C1\N=C(C)c2ccnc(c2)CCCN(C(=O)CC(=O)OCC)CCNC(=O)c2nn(C3CCOCC3)cc2NC1=O. The molecule has 0 atom stereocenters. The molecule has 13 heteroatoms. The van der Waals surface area contributed by atoms with E-state index in [0.717, 1.165) is 24.1 Å². The number of hydrogen-bond donors (Lipinski definition) is 2. The number of nitrogens with one attached hydrogen (secondary N) is 2. The third-order valence-corrected chi connectivity index (χ3v) is 7.27. The summed E-state index contributed by atoms with van der Waals surface area (Å²) >= 11 is 0. The second kappa shape index (κ2) is 15.2. The third kappa shape index (κ3) is 8.57. The Kier molecular flexibility index (Phi) is 11.1. The lowest BCUT2D eigenvalue weighted by Gasteiger charge is -2.23. The van der Waals surface area contributed by atoms with Gasteiger partial charge in [0.25, 0.3) is 11.8 Å². The maximum absolute atomic E-state index is 13.4. The van der Waals surface area contributed by atoms with Crippen LogP contribution in [0.4, 0.5) is 5.69 Å². The number of rotatable bonds is 4. The minimum atomic E-state index is -0.598. The van der Waals surface area contributed by atoms with E-state index >= 15 is 0 Å². The molecular formula is C30H39N7O6. The lowest BCUT2D eigenvalue weighted by Crippen LogP contribution is -2.40. The fourth-order valence-corrected chi connectivity index (χ4v) is 4.95. The molecule has 0 unspecified atom stereocenters. The van der Waals surface area contributed by atoms with E-state index in [0.29, 0.717) is 38.3 Å². The van der Waals surface area contributed by atoms with Crippen molar-refractivity contribution in [2.45, 2.75) is 58.9 Å². The van der Waals surface area contributed by atoms with Gasteiger partial charge >= 0.3 is 5.97 Å². The van der Waals surface area contributed by atoms with Crippen molar-refractivity contribution in [3.8, 4) is 0 Å². The first-order chi connectivity index (χ1) is 20.8. The van der Waals surface area contributed by atoms with Crippen molar-refractivity contribution in [1.29, 1.82) is 0 Å². The number of nitrogens with zero attached hydrogens (tertiary/aromatic N) is 5. The summed E-state index contributed by atoms with van der Waals surface area (Å²) in [6, 6.07) is 3.75. The highest BCUT2D eigenvalue weighted by atomic mass is 16.5. The van der Waals surface area contributed by atoms with Crippen LogP contribution in [0.1, 0.15) is 74.2 Å². The minimum absolute atomic E-state index is 0.0193. The number of carbonyl (C=O) groups is 4. The molecule has 0 aromatic carbocycles. The van der Waals surface area contributed by atoms with Crippen LogP contribution in [0.3, 0.4) is 0 Å². The third-order valence-electron chi connectivity index (χ3n) is 7.27. The molecule has 4 rings (SSSR count). The molecule has 2 aromatic heterocycles. The fourth-order valence-electron chi connectivity index (χ4n) is 4.95. The van der Waals surface area contributed by atoms with E-state index in [1.807, 2.05) is 19.1 Å². The molecule has 43 heavy (non-hydrogen) atoms. The summed E-state index contributed by atoms with van der Waals surface area (Å²) in [6.07, 6.45) is 7.19. The zero-order valence-corrected chi connectivity index (χ0v) is 24.9. The largest absolute Gasteiger partial charge is 0.466 e. The van der Waals surface area contributed by atoms with Crippen molar-refractivity contribution in [3.63, 3.8) is 0 Å². The molecule has 2 aliphatic heterocycles. The predicted molar refractivity (Wildman–Crippen MR) is 159 cm³/mol. The lowest BCUT2D eigenvalue weighted by molar-refractivity contribution is -0.148. The van der Waals surface area contributed by atoms with Gasteiger partial charge in [-0.3, -0.25) is 28.8 Å². The van der Waals surface area contributed by atoms with E-state index in [4.69, 9.17) is 9.47 Å². The lowest BCUT2D eigenvalue weighted by atomic mass is 10.1. The number of carbonyl (C=O) groups excluding carboxylic acids is 4. The van der Waals surface area contributed by atoms with Gasteiger partial charge < -0.3 is 25.0 Å². The van der Waals surface area contributed by atoms with Crippen molar-refractivity contribution in [1.82, 2.24) is 25.0 Å². The molecule has 230 valence electrons. The summed E-state index contributed by atoms with van der Waals surface area (Å²) in [7, 11) is 0. The molecule has 0 radical (unpaired) electrons. The van der Waals surface area contributed by atoms with Gasteiger partial charge in [-0.15, -0.1) is 0 Å². The first-order valence-electron chi connectivity index (χ1n) is 14.7. The fraction of sp³-hybridized carbons (Fsp3) is 0.500. The zero-order valence-electron chi connectivity index (χ0n) is 24.9. The standard InChI is InChI=1S/C30H39N7O6/c1-4-24-29(40)34-25-19-37(23-9-15-42-16-10-23)35-28(25)30(41)32-12-14-36(26(38)18-27(39)43-5-2)13-6-7-22-17-21(8-11-31-22)20(3)33-24/h4,8,11,17,19,23H,5-7,9-10,12-16,18H2,1-3H3,(H,32,41)(H,34,40)/b24-4-,33-20?. The number of aryl methyl sites for hydroxylation is 1. The van der Waals surface area contributed by atoms with Gasteiger partial charge in [0.1, 0.15) is 12.1 Å². The Bertz CT molecular complexity index is 1390. The first kappa shape index (κ1) is 31.5. The van der Waals surface area contributed by atoms with E-state index in [1.165, 1.54) is 0 Å². The normalized spacial score (nSPS) is 18.5. The maximum atomic E-state index is 13.4. The number of ether oxygens (including phenoxy) is 2. The summed E-state index contributed by atoms with van der Waals surface area (Å²) in [4.78, 5) is 62.3. The maximum Gasteiger partial charge on any atom is 0.315 e. The molecule has 3 amide bonds. The highest BCUT2D eigenvalue weighted by molar-refractivity contribution is 6.10. The second-order valence-corrected chi connectivity index (χ2v) is 10.3. The Hall–Kier alpha value is -4.39. The molecule has 2 aliphatic rings. The molecule has 0 saturated carbocycles. The Morgan fingerprint density at radius 2 is 1.98 bits per heavy atom. The monoisotopic (exact) mass is 593 g/mol. The van der Waals surface area contributed by atoms with Crippen molar-refractivity contribution < 1.29 is 28.7 Å². The number of esters is 1. The Morgan fingerprint density at radius 1 is 1.19 bits per heavy atom. The Labute approximate surface area is 250 Å². The topological polar surface area (TPSA) is 157 Å². The Balaban J connectivity index is 1.65. The van der Waals surface area contributed by atoms with Crippen LogP contribution < -0.4 is 10.6 Å². The van der Waals surface area contributed by atoms with Crippen molar-refractivity contribution in [3.05, 3.63) is 53.3 Å². The first-order valence-corrected chi connectivity index (χ1v) is 14.7. The molecule has 2 aromatic rings. The van der Waals surface area contributed by atoms with Crippen molar-refractivity contribution in [2.24, 2.45) is 4.99 Å². The van der Waals surface area contributed by atoms with Crippen LogP contribution in [0.25, 0.3) is 0 Å². The van der Waals surface area contributed by atoms with Gasteiger partial charge in [-0.05, 0) is 64.2 Å². The van der Waals surface area contributed by atoms with Crippen LogP contribution in [0.15, 0.2) is 41.3 Å². The van der Waals surface area contributed by atoms with Crippen LogP contribution in [0, 0.1) is 0 Å². The highest BCUT2D eigenvalue weighted by Gasteiger charge is 2.25. The van der Waals surface area contributed by atoms with Gasteiger partial charge in [0.05, 0.1) is 18.3 Å². The van der Waals surface area contributed by atoms with Crippen LogP contribution >= 0.6 is 0 Å². The Morgan fingerprint density at radius 3 is 2.72 bits per heavy atom. The molecule has 4 heterocycles. The van der Waals surface area contributed by atoms with Crippen LogP contribution in [0.2, 0.25) is 0 Å². The van der Waals surface area contributed by atoms with Gasteiger partial charge in [-0.25, -0.2) is 4.99 Å². The summed E-state index contributed by atoms with van der Waals surface area (Å²) < 4.78 is 12.1. The van der Waals surface area contributed by atoms with E-state index in [-0.39, 0.29) is 55.1 Å². The number of aromatic nitrogens is 3.